The Bertz CT molecular complexity index is 437. The van der Waals surface area contributed by atoms with Crippen molar-refractivity contribution < 1.29 is 13.9 Å². The summed E-state index contributed by atoms with van der Waals surface area (Å²) in [5.41, 5.74) is 0.0253. The summed E-state index contributed by atoms with van der Waals surface area (Å²) in [7, 11) is 0. The first-order valence-corrected chi connectivity index (χ1v) is 4.95. The number of hydrogen-bond acceptors (Lipinski definition) is 3. The lowest BCUT2D eigenvalue weighted by atomic mass is 10.1. The van der Waals surface area contributed by atoms with Gasteiger partial charge in [0.1, 0.15) is 17.6 Å². The van der Waals surface area contributed by atoms with E-state index in [0.717, 1.165) is 6.07 Å². The fourth-order valence-electron chi connectivity index (χ4n) is 1.22. The second kappa shape index (κ2) is 5.26. The first kappa shape index (κ1) is 12.2. The molecule has 4 heteroatoms. The highest BCUT2D eigenvalue weighted by Crippen LogP contribution is 2.18. The van der Waals surface area contributed by atoms with Crippen LogP contribution in [0.4, 0.5) is 4.39 Å². The monoisotopic (exact) mass is 221 g/mol. The maximum atomic E-state index is 13.4. The first-order valence-electron chi connectivity index (χ1n) is 4.95. The number of ketones is 1. The standard InChI is InChI=1S/C12H12FNO2/c1-3-9(7-14)16-10-4-5-11(8(2)15)12(13)6-10/h4-6,9H,3H2,1-2H3. The van der Waals surface area contributed by atoms with Gasteiger partial charge in [-0.05, 0) is 25.5 Å². The van der Waals surface area contributed by atoms with E-state index >= 15 is 0 Å². The van der Waals surface area contributed by atoms with E-state index in [1.165, 1.54) is 19.1 Å². The van der Waals surface area contributed by atoms with Crippen LogP contribution in [0.5, 0.6) is 5.75 Å². The molecule has 0 N–H and O–H groups in total. The molecule has 1 atom stereocenters. The number of carbonyl (C=O) groups is 1. The largest absolute Gasteiger partial charge is 0.475 e. The molecular weight excluding hydrogens is 209 g/mol. The molecule has 1 aromatic carbocycles. The van der Waals surface area contributed by atoms with Gasteiger partial charge in [0, 0.05) is 6.07 Å². The minimum absolute atomic E-state index is 0.0253. The first-order chi connectivity index (χ1) is 7.58. The third kappa shape index (κ3) is 2.80. The molecule has 1 aromatic rings. The lowest BCUT2D eigenvalue weighted by Gasteiger charge is -2.10. The second-order valence-corrected chi connectivity index (χ2v) is 3.34. The summed E-state index contributed by atoms with van der Waals surface area (Å²) < 4.78 is 18.6. The SMILES string of the molecule is CCC(C#N)Oc1ccc(C(C)=O)c(F)c1. The van der Waals surface area contributed by atoms with Crippen LogP contribution in [0.1, 0.15) is 30.6 Å². The average Bonchev–Trinajstić information content (AvgIpc) is 2.25. The van der Waals surface area contributed by atoms with Crippen LogP contribution in [0.15, 0.2) is 18.2 Å². The van der Waals surface area contributed by atoms with Gasteiger partial charge in [-0.2, -0.15) is 5.26 Å². The van der Waals surface area contributed by atoms with E-state index in [9.17, 15) is 9.18 Å². The van der Waals surface area contributed by atoms with Crippen molar-refractivity contribution in [1.82, 2.24) is 0 Å². The van der Waals surface area contributed by atoms with E-state index in [1.807, 2.05) is 6.07 Å². The molecule has 84 valence electrons. The van der Waals surface area contributed by atoms with Crippen molar-refractivity contribution in [3.8, 4) is 11.8 Å². The number of carbonyl (C=O) groups excluding carboxylic acids is 1. The zero-order valence-electron chi connectivity index (χ0n) is 9.16. The zero-order chi connectivity index (χ0) is 12.1. The van der Waals surface area contributed by atoms with Crippen molar-refractivity contribution in [1.29, 1.82) is 5.26 Å². The van der Waals surface area contributed by atoms with E-state index < -0.39 is 11.9 Å². The Morgan fingerprint density at radius 3 is 2.75 bits per heavy atom. The predicted molar refractivity (Wildman–Crippen MR) is 56.7 cm³/mol. The maximum absolute atomic E-state index is 13.4. The van der Waals surface area contributed by atoms with Gasteiger partial charge in [-0.25, -0.2) is 4.39 Å². The summed E-state index contributed by atoms with van der Waals surface area (Å²) in [6, 6.07) is 5.91. The quantitative estimate of drug-likeness (QED) is 0.734. The van der Waals surface area contributed by atoms with Crippen LogP contribution in [-0.2, 0) is 0 Å². The number of nitriles is 1. The van der Waals surface area contributed by atoms with Gasteiger partial charge in [0.2, 0.25) is 0 Å². The van der Waals surface area contributed by atoms with Crippen LogP contribution in [0.2, 0.25) is 0 Å². The van der Waals surface area contributed by atoms with Gasteiger partial charge in [0.15, 0.2) is 11.9 Å². The van der Waals surface area contributed by atoms with E-state index in [-0.39, 0.29) is 17.1 Å². The Hall–Kier alpha value is -1.89. The van der Waals surface area contributed by atoms with Gasteiger partial charge in [-0.3, -0.25) is 4.79 Å². The van der Waals surface area contributed by atoms with E-state index in [0.29, 0.717) is 6.42 Å². The molecule has 1 rings (SSSR count). The van der Waals surface area contributed by atoms with E-state index in [1.54, 1.807) is 6.92 Å². The second-order valence-electron chi connectivity index (χ2n) is 3.34. The van der Waals surface area contributed by atoms with Crippen LogP contribution in [0.25, 0.3) is 0 Å². The average molecular weight is 221 g/mol. The predicted octanol–water partition coefficient (Wildman–Crippen LogP) is 2.71. The van der Waals surface area contributed by atoms with Gasteiger partial charge in [0.25, 0.3) is 0 Å². The third-order valence-corrected chi connectivity index (χ3v) is 2.11. The number of halogens is 1. The van der Waals surface area contributed by atoms with Crippen LogP contribution in [-0.4, -0.2) is 11.9 Å². The summed E-state index contributed by atoms with van der Waals surface area (Å²) >= 11 is 0. The Kier molecular flexibility index (Phi) is 4.01. The van der Waals surface area contributed by atoms with E-state index in [4.69, 9.17) is 10.00 Å². The van der Waals surface area contributed by atoms with Gasteiger partial charge in [-0.15, -0.1) is 0 Å². The summed E-state index contributed by atoms with van der Waals surface area (Å²) in [5, 5.41) is 8.68. The van der Waals surface area contributed by atoms with Crippen molar-refractivity contribution in [3.05, 3.63) is 29.6 Å². The summed E-state index contributed by atoms with van der Waals surface area (Å²) in [6.45, 7) is 3.09. The molecule has 0 aliphatic rings. The molecule has 0 bridgehead atoms. The number of Topliss-reactive ketones (excluding diaryl/α,β-unsaturated/α-hetero) is 1. The molecule has 0 aromatic heterocycles. The molecule has 0 amide bonds. The number of rotatable bonds is 4. The topological polar surface area (TPSA) is 50.1 Å². The van der Waals surface area contributed by atoms with Gasteiger partial charge in [0.05, 0.1) is 5.56 Å². The van der Waals surface area contributed by atoms with Crippen molar-refractivity contribution in [2.45, 2.75) is 26.4 Å². The molecule has 0 saturated heterocycles. The fourth-order valence-corrected chi connectivity index (χ4v) is 1.22. The summed E-state index contributed by atoms with van der Waals surface area (Å²) in [4.78, 5) is 11.0. The van der Waals surface area contributed by atoms with Crippen molar-refractivity contribution in [3.63, 3.8) is 0 Å². The lowest BCUT2D eigenvalue weighted by molar-refractivity contribution is 0.101. The van der Waals surface area contributed by atoms with Crippen molar-refractivity contribution in [2.24, 2.45) is 0 Å². The molecule has 0 aliphatic carbocycles. The molecule has 0 fully saturated rings. The van der Waals surface area contributed by atoms with Crippen molar-refractivity contribution >= 4 is 5.78 Å². The normalized spacial score (nSPS) is 11.6. The zero-order valence-corrected chi connectivity index (χ0v) is 9.16. The summed E-state index contributed by atoms with van der Waals surface area (Å²) in [6.07, 6.45) is -0.0744. The lowest BCUT2D eigenvalue weighted by Crippen LogP contribution is -2.12. The number of hydrogen-bond donors (Lipinski definition) is 0. The highest BCUT2D eigenvalue weighted by Gasteiger charge is 2.11. The van der Waals surface area contributed by atoms with Gasteiger partial charge in [-0.1, -0.05) is 6.92 Å². The van der Waals surface area contributed by atoms with Crippen LogP contribution in [0.3, 0.4) is 0 Å². The Morgan fingerprint density at radius 1 is 1.62 bits per heavy atom. The fraction of sp³-hybridized carbons (Fsp3) is 0.333. The molecule has 3 nitrogen and oxygen atoms in total. The highest BCUT2D eigenvalue weighted by molar-refractivity contribution is 5.94. The number of benzene rings is 1. The molecule has 0 aliphatic heterocycles. The smallest absolute Gasteiger partial charge is 0.184 e. The van der Waals surface area contributed by atoms with Crippen LogP contribution >= 0.6 is 0 Å². The van der Waals surface area contributed by atoms with Crippen molar-refractivity contribution in [2.75, 3.05) is 0 Å². The maximum Gasteiger partial charge on any atom is 0.184 e. The Labute approximate surface area is 93.5 Å². The molecule has 0 spiro atoms. The minimum Gasteiger partial charge on any atom is -0.475 e. The Balaban J connectivity index is 2.90. The third-order valence-electron chi connectivity index (χ3n) is 2.11. The molecule has 16 heavy (non-hydrogen) atoms. The van der Waals surface area contributed by atoms with Gasteiger partial charge >= 0.3 is 0 Å². The van der Waals surface area contributed by atoms with Crippen LogP contribution in [0, 0.1) is 17.1 Å². The minimum atomic E-state index is -0.627. The van der Waals surface area contributed by atoms with E-state index in [2.05, 4.69) is 0 Å². The van der Waals surface area contributed by atoms with Crippen LogP contribution < -0.4 is 4.74 Å². The molecule has 0 heterocycles. The number of ether oxygens (including phenoxy) is 1. The molecule has 0 radical (unpaired) electrons. The molecular formula is C12H12FNO2. The highest BCUT2D eigenvalue weighted by atomic mass is 19.1. The summed E-state index contributed by atoms with van der Waals surface area (Å²) in [5.74, 6) is -0.704. The molecule has 1 unspecified atom stereocenters. The Morgan fingerprint density at radius 2 is 2.31 bits per heavy atom. The number of nitrogens with zero attached hydrogens (tertiary/aromatic N) is 1. The molecule has 0 saturated carbocycles. The van der Waals surface area contributed by atoms with Gasteiger partial charge < -0.3 is 4.74 Å².